The third-order valence-electron chi connectivity index (χ3n) is 14.4. The lowest BCUT2D eigenvalue weighted by molar-refractivity contribution is 0.661. The van der Waals surface area contributed by atoms with Gasteiger partial charge in [-0.25, -0.2) is 0 Å². The molecule has 0 amide bonds. The summed E-state index contributed by atoms with van der Waals surface area (Å²) in [4.78, 5) is 2.50. The molecule has 0 fully saturated rings. The van der Waals surface area contributed by atoms with E-state index in [0.29, 0.717) is 0 Å². The summed E-state index contributed by atoms with van der Waals surface area (Å²) in [5, 5.41) is 7.52. The molecule has 0 bridgehead atoms. The van der Waals surface area contributed by atoms with Gasteiger partial charge >= 0.3 is 0 Å². The van der Waals surface area contributed by atoms with Gasteiger partial charge in [-0.1, -0.05) is 166 Å². The van der Waals surface area contributed by atoms with E-state index in [0.717, 1.165) is 22.7 Å². The second-order valence-corrected chi connectivity index (χ2v) is 18.1. The van der Waals surface area contributed by atoms with E-state index in [-0.39, 0.29) is 5.41 Å². The molecule has 0 saturated heterocycles. The van der Waals surface area contributed by atoms with Crippen LogP contribution < -0.4 is 4.90 Å². The van der Waals surface area contributed by atoms with Gasteiger partial charge in [-0.15, -0.1) is 0 Å². The van der Waals surface area contributed by atoms with Gasteiger partial charge < -0.3 is 14.0 Å². The molecule has 3 heteroatoms. The van der Waals surface area contributed by atoms with Crippen LogP contribution in [-0.4, -0.2) is 9.13 Å². The Balaban J connectivity index is 1.08. The summed E-state index contributed by atoms with van der Waals surface area (Å²) >= 11 is 0. The summed E-state index contributed by atoms with van der Waals surface area (Å²) in [5.41, 5.74) is 20.8. The molecule has 2 aliphatic rings. The molecular formula is C61H41N3. The van der Waals surface area contributed by atoms with Crippen LogP contribution in [0.1, 0.15) is 25.0 Å². The van der Waals surface area contributed by atoms with Gasteiger partial charge in [0.15, 0.2) is 0 Å². The lowest BCUT2D eigenvalue weighted by Crippen LogP contribution is -2.16. The second kappa shape index (κ2) is 12.9. The maximum atomic E-state index is 2.61. The minimum Gasteiger partial charge on any atom is -0.309 e. The SMILES string of the molecule is CC1(C)c2cccc3c2-c2c1ccc1c4ccccc4n(c21)-c1c-3cccc1N(c1ccc(-c2ccc3ccccc3c2)cc1)c1ccc2c3ccccc3n(-c3ccccc3)c2c1. The molecule has 64 heavy (non-hydrogen) atoms. The first-order valence-electron chi connectivity index (χ1n) is 22.4. The van der Waals surface area contributed by atoms with Crippen LogP contribution >= 0.6 is 0 Å². The van der Waals surface area contributed by atoms with Crippen LogP contribution in [0.25, 0.3) is 99.1 Å². The Morgan fingerprint density at radius 3 is 1.84 bits per heavy atom. The van der Waals surface area contributed by atoms with Crippen LogP contribution in [0.4, 0.5) is 17.1 Å². The summed E-state index contributed by atoms with van der Waals surface area (Å²) in [6.07, 6.45) is 0. The minimum atomic E-state index is -0.128. The first kappa shape index (κ1) is 35.5. The number of anilines is 3. The van der Waals surface area contributed by atoms with Crippen molar-refractivity contribution in [3.8, 4) is 44.8 Å². The standard InChI is InChI=1S/C61H41N3/c1-61(2)51-22-12-20-48-49-21-13-25-55(59(49)64-54-24-11-9-19-46(54)50-34-35-52(61)58(57(48)51)60(50)64)62(43-30-28-39(29-31-43)41-27-26-38-14-6-7-15-40(38)36-41)44-32-33-47-45-18-8-10-23-53(45)63(56(47)37-44)42-16-4-3-5-17-42/h3-37H,1-2H3. The highest BCUT2D eigenvalue weighted by Crippen LogP contribution is 2.59. The predicted octanol–water partition coefficient (Wildman–Crippen LogP) is 16.5. The highest BCUT2D eigenvalue weighted by Gasteiger charge is 2.41. The number of aromatic nitrogens is 2. The van der Waals surface area contributed by atoms with Crippen molar-refractivity contribution >= 4 is 71.4 Å². The number of rotatable bonds is 5. The smallest absolute Gasteiger partial charge is 0.0782 e. The molecule has 2 aromatic heterocycles. The zero-order chi connectivity index (χ0) is 42.3. The molecule has 300 valence electrons. The maximum Gasteiger partial charge on any atom is 0.0782 e. The largest absolute Gasteiger partial charge is 0.309 e. The number of hydrogen-bond acceptors (Lipinski definition) is 1. The van der Waals surface area contributed by atoms with Crippen molar-refractivity contribution in [2.24, 2.45) is 0 Å². The highest BCUT2D eigenvalue weighted by atomic mass is 15.2. The van der Waals surface area contributed by atoms with E-state index in [4.69, 9.17) is 0 Å². The van der Waals surface area contributed by atoms with E-state index in [1.54, 1.807) is 0 Å². The summed E-state index contributed by atoms with van der Waals surface area (Å²) in [7, 11) is 0. The molecule has 1 aliphatic heterocycles. The maximum absolute atomic E-state index is 2.61. The zero-order valence-corrected chi connectivity index (χ0v) is 35.5. The molecule has 0 atom stereocenters. The van der Waals surface area contributed by atoms with Crippen LogP contribution in [0.3, 0.4) is 0 Å². The Kier molecular flexibility index (Phi) is 7.17. The quantitative estimate of drug-likeness (QED) is 0.169. The molecule has 0 saturated carbocycles. The predicted molar refractivity (Wildman–Crippen MR) is 269 cm³/mol. The second-order valence-electron chi connectivity index (χ2n) is 18.1. The molecule has 14 rings (SSSR count). The minimum absolute atomic E-state index is 0.128. The third kappa shape index (κ3) is 4.76. The Bertz CT molecular complexity index is 3920. The average molecular weight is 816 g/mol. The molecule has 3 heterocycles. The topological polar surface area (TPSA) is 13.1 Å². The molecule has 3 nitrogen and oxygen atoms in total. The number of benzene rings is 10. The van der Waals surface area contributed by atoms with Crippen molar-refractivity contribution in [3.05, 3.63) is 223 Å². The molecule has 12 aromatic rings. The van der Waals surface area contributed by atoms with Crippen LogP contribution in [0, 0.1) is 0 Å². The van der Waals surface area contributed by atoms with Crippen molar-refractivity contribution in [2.75, 3.05) is 4.90 Å². The van der Waals surface area contributed by atoms with Gasteiger partial charge in [0.25, 0.3) is 0 Å². The molecule has 0 N–H and O–H groups in total. The normalized spacial score (nSPS) is 13.3. The van der Waals surface area contributed by atoms with E-state index in [1.807, 2.05) is 0 Å². The summed E-state index contributed by atoms with van der Waals surface area (Å²) in [6.45, 7) is 4.79. The summed E-state index contributed by atoms with van der Waals surface area (Å²) in [6, 6.07) is 78.9. The van der Waals surface area contributed by atoms with Crippen molar-refractivity contribution < 1.29 is 0 Å². The zero-order valence-electron chi connectivity index (χ0n) is 35.5. The monoisotopic (exact) mass is 815 g/mol. The van der Waals surface area contributed by atoms with Gasteiger partial charge in [-0.3, -0.25) is 0 Å². The molecule has 0 radical (unpaired) electrons. The number of nitrogens with zero attached hydrogens (tertiary/aromatic N) is 3. The fraction of sp³-hybridized carbons (Fsp3) is 0.0492. The molecule has 0 spiro atoms. The van der Waals surface area contributed by atoms with E-state index >= 15 is 0 Å². The fourth-order valence-electron chi connectivity index (χ4n) is 11.5. The van der Waals surface area contributed by atoms with Gasteiger partial charge in [-0.2, -0.15) is 0 Å². The Morgan fingerprint density at radius 1 is 0.391 bits per heavy atom. The van der Waals surface area contributed by atoms with Gasteiger partial charge in [0, 0.05) is 55.1 Å². The summed E-state index contributed by atoms with van der Waals surface area (Å²) < 4.78 is 5.03. The van der Waals surface area contributed by atoms with Crippen LogP contribution in [0.15, 0.2) is 212 Å². The van der Waals surface area contributed by atoms with Crippen molar-refractivity contribution in [1.82, 2.24) is 9.13 Å². The third-order valence-corrected chi connectivity index (χ3v) is 14.4. The van der Waals surface area contributed by atoms with E-state index in [1.165, 1.54) is 105 Å². The Hall–Kier alpha value is -8.14. The van der Waals surface area contributed by atoms with E-state index in [9.17, 15) is 0 Å². The highest BCUT2D eigenvalue weighted by molar-refractivity contribution is 6.20. The fourth-order valence-corrected chi connectivity index (χ4v) is 11.5. The lowest BCUT2D eigenvalue weighted by Gasteiger charge is -2.30. The van der Waals surface area contributed by atoms with Crippen molar-refractivity contribution in [3.63, 3.8) is 0 Å². The van der Waals surface area contributed by atoms with Crippen molar-refractivity contribution in [2.45, 2.75) is 19.3 Å². The number of para-hydroxylation sites is 4. The van der Waals surface area contributed by atoms with Gasteiger partial charge in [0.05, 0.1) is 33.4 Å². The molecule has 1 aliphatic carbocycles. The van der Waals surface area contributed by atoms with Gasteiger partial charge in [-0.05, 0) is 105 Å². The number of hydrogen-bond donors (Lipinski definition) is 0. The average Bonchev–Trinajstić information content (AvgIpc) is 3.91. The lowest BCUT2D eigenvalue weighted by atomic mass is 9.81. The Morgan fingerprint density at radius 2 is 1.02 bits per heavy atom. The van der Waals surface area contributed by atoms with Crippen molar-refractivity contribution in [1.29, 1.82) is 0 Å². The molecule has 10 aromatic carbocycles. The summed E-state index contributed by atoms with van der Waals surface area (Å²) in [5.74, 6) is 0. The van der Waals surface area contributed by atoms with Gasteiger partial charge in [0.1, 0.15) is 0 Å². The Labute approximate surface area is 371 Å². The van der Waals surface area contributed by atoms with E-state index < -0.39 is 0 Å². The van der Waals surface area contributed by atoms with Crippen LogP contribution in [-0.2, 0) is 5.41 Å². The first-order chi connectivity index (χ1) is 31.5. The van der Waals surface area contributed by atoms with E-state index in [2.05, 4.69) is 240 Å². The first-order valence-corrected chi connectivity index (χ1v) is 22.4. The van der Waals surface area contributed by atoms with Gasteiger partial charge in [0.2, 0.25) is 0 Å². The van der Waals surface area contributed by atoms with Crippen LogP contribution in [0.2, 0.25) is 0 Å². The van der Waals surface area contributed by atoms with Crippen LogP contribution in [0.5, 0.6) is 0 Å². The molecular weight excluding hydrogens is 775 g/mol. The molecule has 0 unspecified atom stereocenters. The number of fused-ring (bicyclic) bond motifs is 10.